The third-order valence-corrected chi connectivity index (χ3v) is 5.40. The van der Waals surface area contributed by atoms with Crippen LogP contribution in [0, 0.1) is 19.8 Å². The van der Waals surface area contributed by atoms with Gasteiger partial charge in [-0.05, 0) is 63.1 Å². The molecule has 0 radical (unpaired) electrons. The topological polar surface area (TPSA) is 70.5 Å². The zero-order valence-electron chi connectivity index (χ0n) is 15.9. The Morgan fingerprint density at radius 1 is 1.07 bits per heavy atom. The molecule has 5 nitrogen and oxygen atoms in total. The van der Waals surface area contributed by atoms with Gasteiger partial charge in [-0.15, -0.1) is 0 Å². The van der Waals surface area contributed by atoms with Crippen molar-refractivity contribution in [2.75, 3.05) is 13.1 Å². The first-order valence-corrected chi connectivity index (χ1v) is 9.50. The Bertz CT molecular complexity index is 822. The van der Waals surface area contributed by atoms with Gasteiger partial charge >= 0.3 is 5.97 Å². The van der Waals surface area contributed by atoms with Gasteiger partial charge in [-0.25, -0.2) is 9.78 Å². The third kappa shape index (κ3) is 4.73. The number of amides is 1. The summed E-state index contributed by atoms with van der Waals surface area (Å²) in [7, 11) is 0. The highest BCUT2D eigenvalue weighted by Gasteiger charge is 2.25. The Kier molecular flexibility index (Phi) is 5.89. The molecular weight excluding hydrogens is 340 g/mol. The molecule has 0 aliphatic carbocycles. The van der Waals surface area contributed by atoms with E-state index in [0.717, 1.165) is 38.8 Å². The molecule has 5 heteroatoms. The van der Waals surface area contributed by atoms with Crippen LogP contribution in [0.2, 0.25) is 0 Å². The number of hydrogen-bond acceptors (Lipinski definition) is 3. The van der Waals surface area contributed by atoms with E-state index < -0.39 is 5.97 Å². The summed E-state index contributed by atoms with van der Waals surface area (Å²) in [6.45, 7) is 5.19. The Hall–Kier alpha value is -2.69. The third-order valence-electron chi connectivity index (χ3n) is 5.40. The summed E-state index contributed by atoms with van der Waals surface area (Å²) < 4.78 is 0. The molecular formula is C22H26N2O3. The van der Waals surface area contributed by atoms with Gasteiger partial charge < -0.3 is 10.0 Å². The predicted octanol–water partition coefficient (Wildman–Crippen LogP) is 3.88. The molecule has 1 amide bonds. The molecule has 3 rings (SSSR count). The number of carboxylic acid groups (broad SMARTS) is 1. The van der Waals surface area contributed by atoms with Crippen molar-refractivity contribution >= 4 is 11.9 Å². The lowest BCUT2D eigenvalue weighted by Gasteiger charge is -2.32. The normalized spacial score (nSPS) is 15.0. The number of likely N-dealkylation sites (tertiary alicyclic amines) is 1. The SMILES string of the molecule is Cc1ccc(CCC2CCN(C(=O)c3ccc(C(=O)O)c(C)n3)CC2)cc1. The first-order valence-electron chi connectivity index (χ1n) is 9.50. The van der Waals surface area contributed by atoms with Crippen molar-refractivity contribution in [3.8, 4) is 0 Å². The quantitative estimate of drug-likeness (QED) is 0.872. The van der Waals surface area contributed by atoms with Crippen LogP contribution in [0.3, 0.4) is 0 Å². The second kappa shape index (κ2) is 8.33. The standard InChI is InChI=1S/C22H26N2O3/c1-15-3-5-17(6-4-15)7-8-18-11-13-24(14-12-18)21(25)20-10-9-19(22(26)27)16(2)23-20/h3-6,9-10,18H,7-8,11-14H2,1-2H3,(H,26,27). The Labute approximate surface area is 160 Å². The van der Waals surface area contributed by atoms with E-state index in [1.807, 2.05) is 4.90 Å². The minimum atomic E-state index is -1.02. The molecule has 2 aromatic rings. The number of aromatic carboxylic acids is 1. The molecule has 1 aromatic carbocycles. The van der Waals surface area contributed by atoms with Gasteiger partial charge in [0.05, 0.1) is 11.3 Å². The molecule has 1 aliphatic rings. The van der Waals surface area contributed by atoms with E-state index in [1.165, 1.54) is 23.3 Å². The van der Waals surface area contributed by atoms with E-state index in [4.69, 9.17) is 5.11 Å². The summed E-state index contributed by atoms with van der Waals surface area (Å²) in [4.78, 5) is 29.8. The number of pyridine rings is 1. The van der Waals surface area contributed by atoms with Gasteiger partial charge in [0.25, 0.3) is 5.91 Å². The van der Waals surface area contributed by atoms with E-state index in [9.17, 15) is 9.59 Å². The minimum Gasteiger partial charge on any atom is -0.478 e. The van der Waals surface area contributed by atoms with Crippen LogP contribution in [-0.4, -0.2) is 40.0 Å². The molecule has 1 fully saturated rings. The maximum absolute atomic E-state index is 12.7. The maximum Gasteiger partial charge on any atom is 0.337 e. The van der Waals surface area contributed by atoms with Crippen LogP contribution in [0.4, 0.5) is 0 Å². The zero-order valence-corrected chi connectivity index (χ0v) is 15.9. The summed E-state index contributed by atoms with van der Waals surface area (Å²) in [6, 6.07) is 11.7. The number of piperidine rings is 1. The molecule has 0 saturated carbocycles. The van der Waals surface area contributed by atoms with Gasteiger partial charge in [0.1, 0.15) is 5.69 Å². The van der Waals surface area contributed by atoms with Crippen LogP contribution < -0.4 is 0 Å². The molecule has 1 N–H and O–H groups in total. The zero-order chi connectivity index (χ0) is 19.4. The lowest BCUT2D eigenvalue weighted by Crippen LogP contribution is -2.39. The van der Waals surface area contributed by atoms with Crippen molar-refractivity contribution in [3.05, 3.63) is 64.5 Å². The number of carboxylic acids is 1. The molecule has 0 unspecified atom stereocenters. The van der Waals surface area contributed by atoms with Crippen LogP contribution in [0.1, 0.15) is 56.9 Å². The van der Waals surface area contributed by atoms with Crippen LogP contribution in [-0.2, 0) is 6.42 Å². The first kappa shape index (κ1) is 19.1. The summed E-state index contributed by atoms with van der Waals surface area (Å²) in [5.41, 5.74) is 3.50. The van der Waals surface area contributed by atoms with Crippen molar-refractivity contribution < 1.29 is 14.7 Å². The van der Waals surface area contributed by atoms with E-state index in [-0.39, 0.29) is 11.5 Å². The minimum absolute atomic E-state index is 0.105. The predicted molar refractivity (Wildman–Crippen MR) is 104 cm³/mol. The largest absolute Gasteiger partial charge is 0.478 e. The van der Waals surface area contributed by atoms with Gasteiger partial charge in [-0.3, -0.25) is 4.79 Å². The van der Waals surface area contributed by atoms with Gasteiger partial charge in [0, 0.05) is 13.1 Å². The summed E-state index contributed by atoms with van der Waals surface area (Å²) in [6.07, 6.45) is 4.24. The number of carbonyl (C=O) groups excluding carboxylic acids is 1. The number of benzene rings is 1. The van der Waals surface area contributed by atoms with Crippen molar-refractivity contribution in [3.63, 3.8) is 0 Å². The molecule has 27 heavy (non-hydrogen) atoms. The van der Waals surface area contributed by atoms with Crippen LogP contribution >= 0.6 is 0 Å². The van der Waals surface area contributed by atoms with Crippen LogP contribution in [0.25, 0.3) is 0 Å². The first-order chi connectivity index (χ1) is 12.9. The van der Waals surface area contributed by atoms with Crippen molar-refractivity contribution in [1.82, 2.24) is 9.88 Å². The van der Waals surface area contributed by atoms with Crippen LogP contribution in [0.5, 0.6) is 0 Å². The molecule has 142 valence electrons. The molecule has 1 aromatic heterocycles. The van der Waals surface area contributed by atoms with E-state index in [2.05, 4.69) is 36.2 Å². The number of hydrogen-bond donors (Lipinski definition) is 1. The molecule has 1 saturated heterocycles. The van der Waals surface area contributed by atoms with Gasteiger partial charge in [0.2, 0.25) is 0 Å². The number of rotatable bonds is 5. The lowest BCUT2D eigenvalue weighted by atomic mass is 9.90. The second-order valence-electron chi connectivity index (χ2n) is 7.39. The summed E-state index contributed by atoms with van der Waals surface area (Å²) >= 11 is 0. The maximum atomic E-state index is 12.7. The Morgan fingerprint density at radius 3 is 2.33 bits per heavy atom. The van der Waals surface area contributed by atoms with Gasteiger partial charge in [-0.2, -0.15) is 0 Å². The fourth-order valence-electron chi connectivity index (χ4n) is 3.62. The van der Waals surface area contributed by atoms with Crippen molar-refractivity contribution in [1.29, 1.82) is 0 Å². The average molecular weight is 366 g/mol. The second-order valence-corrected chi connectivity index (χ2v) is 7.39. The molecule has 2 heterocycles. The van der Waals surface area contributed by atoms with E-state index in [1.54, 1.807) is 6.92 Å². The summed E-state index contributed by atoms with van der Waals surface area (Å²) in [5, 5.41) is 9.08. The van der Waals surface area contributed by atoms with E-state index in [0.29, 0.717) is 17.3 Å². The van der Waals surface area contributed by atoms with Gasteiger partial charge in [0.15, 0.2) is 0 Å². The van der Waals surface area contributed by atoms with Crippen molar-refractivity contribution in [2.24, 2.45) is 5.92 Å². The van der Waals surface area contributed by atoms with E-state index >= 15 is 0 Å². The van der Waals surface area contributed by atoms with Crippen molar-refractivity contribution in [2.45, 2.75) is 39.5 Å². The number of aromatic nitrogens is 1. The molecule has 1 aliphatic heterocycles. The smallest absolute Gasteiger partial charge is 0.337 e. The summed E-state index contributed by atoms with van der Waals surface area (Å²) in [5.74, 6) is -0.486. The number of carbonyl (C=O) groups is 2. The molecule has 0 bridgehead atoms. The average Bonchev–Trinajstić information content (AvgIpc) is 2.67. The molecule has 0 atom stereocenters. The number of aryl methyl sites for hydroxylation is 3. The lowest BCUT2D eigenvalue weighted by molar-refractivity contribution is 0.0670. The van der Waals surface area contributed by atoms with Crippen LogP contribution in [0.15, 0.2) is 36.4 Å². The highest BCUT2D eigenvalue weighted by molar-refractivity contribution is 5.94. The van der Waals surface area contributed by atoms with Gasteiger partial charge in [-0.1, -0.05) is 29.8 Å². The Morgan fingerprint density at radius 2 is 1.74 bits per heavy atom. The highest BCUT2D eigenvalue weighted by Crippen LogP contribution is 2.23. The fourth-order valence-corrected chi connectivity index (χ4v) is 3.62. The highest BCUT2D eigenvalue weighted by atomic mass is 16.4. The fraction of sp³-hybridized carbons (Fsp3) is 0.409. The monoisotopic (exact) mass is 366 g/mol. The molecule has 0 spiro atoms. The number of nitrogens with zero attached hydrogens (tertiary/aromatic N) is 2. The Balaban J connectivity index is 1.52.